The van der Waals surface area contributed by atoms with Crippen LogP contribution in [0.3, 0.4) is 0 Å². The van der Waals surface area contributed by atoms with E-state index in [1.165, 1.54) is 96.3 Å². The van der Waals surface area contributed by atoms with Crippen molar-refractivity contribution in [3.05, 3.63) is 12.2 Å². The zero-order valence-electron chi connectivity index (χ0n) is 19.9. The molecule has 3 heteroatoms. The average Bonchev–Trinajstić information content (AvgIpc) is 3.44. The minimum absolute atomic E-state index is 0.0910. The number of carbonyl (C=O) groups is 1. The molecule has 1 atom stereocenters. The number of ether oxygens (including phenoxy) is 1. The summed E-state index contributed by atoms with van der Waals surface area (Å²) in [6.45, 7) is 8.66. The number of unbranched alkanes of at least 4 members (excludes halogenated alkanes) is 15. The second-order valence-electron chi connectivity index (χ2n) is 9.30. The maximum atomic E-state index is 12.2. The molecule has 0 N–H and O–H groups in total. The van der Waals surface area contributed by atoms with Crippen LogP contribution in [-0.2, 0) is 9.53 Å². The van der Waals surface area contributed by atoms with Gasteiger partial charge < -0.3 is 9.64 Å². The fourth-order valence-electron chi connectivity index (χ4n) is 3.98. The Hall–Kier alpha value is -0.830. The SMILES string of the molecule is C/C=C/C(=O)N(CCCCCCCCCCCCCCCCCC)CC1(C)CO1. The first-order valence-electron chi connectivity index (χ1n) is 12.7. The predicted octanol–water partition coefficient (Wildman–Crippen LogP) is 7.44. The van der Waals surface area contributed by atoms with E-state index in [2.05, 4.69) is 13.8 Å². The van der Waals surface area contributed by atoms with Gasteiger partial charge in [0.25, 0.3) is 0 Å². The summed E-state index contributed by atoms with van der Waals surface area (Å²) < 4.78 is 5.47. The van der Waals surface area contributed by atoms with Crippen molar-refractivity contribution in [3.63, 3.8) is 0 Å². The summed E-state index contributed by atoms with van der Waals surface area (Å²) in [5, 5.41) is 0. The Morgan fingerprint density at radius 1 is 0.828 bits per heavy atom. The lowest BCUT2D eigenvalue weighted by Crippen LogP contribution is -2.37. The molecule has 1 aliphatic rings. The maximum absolute atomic E-state index is 12.2. The molecule has 0 saturated carbocycles. The first-order chi connectivity index (χ1) is 14.1. The number of epoxide rings is 1. The van der Waals surface area contributed by atoms with Crippen molar-refractivity contribution in [2.24, 2.45) is 0 Å². The number of allylic oxidation sites excluding steroid dienone is 1. The lowest BCUT2D eigenvalue weighted by atomic mass is 10.0. The average molecular weight is 408 g/mol. The van der Waals surface area contributed by atoms with Crippen LogP contribution < -0.4 is 0 Å². The minimum Gasteiger partial charge on any atom is -0.368 e. The lowest BCUT2D eigenvalue weighted by Gasteiger charge is -2.23. The van der Waals surface area contributed by atoms with Gasteiger partial charge in [0, 0.05) is 6.54 Å². The second-order valence-corrected chi connectivity index (χ2v) is 9.30. The summed E-state index contributed by atoms with van der Waals surface area (Å²) in [5.41, 5.74) is -0.0910. The van der Waals surface area contributed by atoms with Crippen LogP contribution in [0.2, 0.25) is 0 Å². The zero-order valence-corrected chi connectivity index (χ0v) is 19.9. The highest BCUT2D eigenvalue weighted by Crippen LogP contribution is 2.27. The van der Waals surface area contributed by atoms with Gasteiger partial charge >= 0.3 is 0 Å². The number of carbonyl (C=O) groups excluding carboxylic acids is 1. The van der Waals surface area contributed by atoms with E-state index >= 15 is 0 Å². The van der Waals surface area contributed by atoms with Gasteiger partial charge in [-0.1, -0.05) is 109 Å². The molecule has 3 nitrogen and oxygen atoms in total. The fourth-order valence-corrected chi connectivity index (χ4v) is 3.98. The van der Waals surface area contributed by atoms with Gasteiger partial charge in [0.15, 0.2) is 0 Å². The van der Waals surface area contributed by atoms with Gasteiger partial charge in [-0.15, -0.1) is 0 Å². The highest BCUT2D eigenvalue weighted by Gasteiger charge is 2.41. The van der Waals surface area contributed by atoms with E-state index in [1.807, 2.05) is 17.9 Å². The Balaban J connectivity index is 1.89. The first-order valence-corrected chi connectivity index (χ1v) is 12.7. The monoisotopic (exact) mass is 407 g/mol. The van der Waals surface area contributed by atoms with Crippen molar-refractivity contribution in [2.45, 2.75) is 129 Å². The van der Waals surface area contributed by atoms with E-state index < -0.39 is 0 Å². The van der Waals surface area contributed by atoms with Crippen LogP contribution in [0, 0.1) is 0 Å². The number of nitrogens with zero attached hydrogens (tertiary/aromatic N) is 1. The molecule has 0 aromatic rings. The van der Waals surface area contributed by atoms with Gasteiger partial charge in [-0.2, -0.15) is 0 Å². The molecule has 0 spiro atoms. The van der Waals surface area contributed by atoms with Crippen LogP contribution in [0.15, 0.2) is 12.2 Å². The topological polar surface area (TPSA) is 32.8 Å². The highest BCUT2D eigenvalue weighted by molar-refractivity contribution is 5.87. The first kappa shape index (κ1) is 26.2. The van der Waals surface area contributed by atoms with Gasteiger partial charge in [0.05, 0.1) is 13.2 Å². The molecular formula is C26H49NO2. The van der Waals surface area contributed by atoms with Crippen LogP contribution in [0.4, 0.5) is 0 Å². The van der Waals surface area contributed by atoms with E-state index in [0.717, 1.165) is 26.1 Å². The molecule has 0 aromatic carbocycles. The van der Waals surface area contributed by atoms with E-state index in [0.29, 0.717) is 0 Å². The molecule has 1 heterocycles. The Labute approximate surface area is 181 Å². The molecule has 1 rings (SSSR count). The molecule has 0 bridgehead atoms. The Bertz CT molecular complexity index is 428. The summed E-state index contributed by atoms with van der Waals surface area (Å²) in [6.07, 6.45) is 25.6. The van der Waals surface area contributed by atoms with E-state index in [-0.39, 0.29) is 11.5 Å². The summed E-state index contributed by atoms with van der Waals surface area (Å²) in [5.74, 6) is 0.130. The zero-order chi connectivity index (χ0) is 21.2. The quantitative estimate of drug-likeness (QED) is 0.119. The van der Waals surface area contributed by atoms with Gasteiger partial charge in [-0.3, -0.25) is 4.79 Å². The van der Waals surface area contributed by atoms with Crippen LogP contribution in [-0.4, -0.2) is 36.1 Å². The van der Waals surface area contributed by atoms with Gasteiger partial charge in [0.2, 0.25) is 5.91 Å². The molecule has 1 saturated heterocycles. The smallest absolute Gasteiger partial charge is 0.246 e. The maximum Gasteiger partial charge on any atom is 0.246 e. The van der Waals surface area contributed by atoms with Gasteiger partial charge in [0.1, 0.15) is 5.60 Å². The molecular weight excluding hydrogens is 358 g/mol. The summed E-state index contributed by atoms with van der Waals surface area (Å²) in [6, 6.07) is 0. The van der Waals surface area contributed by atoms with E-state index in [4.69, 9.17) is 4.74 Å². The molecule has 29 heavy (non-hydrogen) atoms. The molecule has 1 aliphatic heterocycles. The van der Waals surface area contributed by atoms with Crippen molar-refractivity contribution in [1.29, 1.82) is 0 Å². The summed E-state index contributed by atoms with van der Waals surface area (Å²) in [7, 11) is 0. The van der Waals surface area contributed by atoms with Gasteiger partial charge in [-0.05, 0) is 26.3 Å². The van der Waals surface area contributed by atoms with Crippen molar-refractivity contribution in [3.8, 4) is 0 Å². The Morgan fingerprint density at radius 2 is 1.24 bits per heavy atom. The predicted molar refractivity (Wildman–Crippen MR) is 125 cm³/mol. The normalized spacial score (nSPS) is 18.4. The van der Waals surface area contributed by atoms with Gasteiger partial charge in [-0.25, -0.2) is 0 Å². The number of amides is 1. The Kier molecular flexibility index (Phi) is 15.3. The Morgan fingerprint density at radius 3 is 1.62 bits per heavy atom. The molecule has 1 amide bonds. The standard InChI is InChI=1S/C26H49NO2/c1-4-6-7-8-9-10-11-12-13-14-15-16-17-18-19-20-22-27(25(28)21-5-2)23-26(3)24-29-26/h5,21H,4,6-20,22-24H2,1-3H3/b21-5+. The third-order valence-electron chi connectivity index (χ3n) is 6.06. The largest absolute Gasteiger partial charge is 0.368 e. The van der Waals surface area contributed by atoms with Crippen LogP contribution in [0.1, 0.15) is 124 Å². The number of hydrogen-bond donors (Lipinski definition) is 0. The number of rotatable bonds is 20. The summed E-state index contributed by atoms with van der Waals surface area (Å²) in [4.78, 5) is 14.2. The molecule has 1 fully saturated rings. The van der Waals surface area contributed by atoms with Crippen molar-refractivity contribution in [2.75, 3.05) is 19.7 Å². The molecule has 170 valence electrons. The minimum atomic E-state index is -0.0910. The summed E-state index contributed by atoms with van der Waals surface area (Å²) >= 11 is 0. The van der Waals surface area contributed by atoms with E-state index in [1.54, 1.807) is 6.08 Å². The molecule has 0 aromatic heterocycles. The fraction of sp³-hybridized carbons (Fsp3) is 0.885. The molecule has 0 aliphatic carbocycles. The van der Waals surface area contributed by atoms with Crippen molar-refractivity contribution in [1.82, 2.24) is 4.90 Å². The molecule has 1 unspecified atom stereocenters. The van der Waals surface area contributed by atoms with Crippen LogP contribution >= 0.6 is 0 Å². The van der Waals surface area contributed by atoms with Crippen molar-refractivity contribution >= 4 is 5.91 Å². The van der Waals surface area contributed by atoms with E-state index in [9.17, 15) is 4.79 Å². The number of hydrogen-bond acceptors (Lipinski definition) is 2. The third kappa shape index (κ3) is 14.7. The second kappa shape index (κ2) is 16.9. The van der Waals surface area contributed by atoms with Crippen LogP contribution in [0.5, 0.6) is 0 Å². The van der Waals surface area contributed by atoms with Crippen molar-refractivity contribution < 1.29 is 9.53 Å². The lowest BCUT2D eigenvalue weighted by molar-refractivity contribution is -0.126. The third-order valence-corrected chi connectivity index (χ3v) is 6.06. The highest BCUT2D eigenvalue weighted by atomic mass is 16.6. The van der Waals surface area contributed by atoms with Crippen LogP contribution in [0.25, 0.3) is 0 Å². The molecule has 0 radical (unpaired) electrons.